The number of nitrogens with one attached hydrogen (secondary N) is 2. The lowest BCUT2D eigenvalue weighted by Gasteiger charge is -2.32. The van der Waals surface area contributed by atoms with Crippen LogP contribution >= 0.6 is 0 Å². The van der Waals surface area contributed by atoms with E-state index in [0.717, 1.165) is 23.5 Å². The van der Waals surface area contributed by atoms with Crippen LogP contribution in [0.1, 0.15) is 26.7 Å². The van der Waals surface area contributed by atoms with Crippen molar-refractivity contribution in [3.63, 3.8) is 0 Å². The number of hydrogen-bond acceptors (Lipinski definition) is 3. The zero-order valence-electron chi connectivity index (χ0n) is 16.1. The smallest absolute Gasteiger partial charge is 0.406 e. The summed E-state index contributed by atoms with van der Waals surface area (Å²) in [5, 5.41) is 2.67. The summed E-state index contributed by atoms with van der Waals surface area (Å²) in [4.78, 5) is 27.2. The van der Waals surface area contributed by atoms with Gasteiger partial charge in [-0.1, -0.05) is 13.8 Å². The number of anilines is 1. The molecule has 2 N–H and O–H groups in total. The van der Waals surface area contributed by atoms with Crippen LogP contribution in [-0.4, -0.2) is 55.8 Å². The van der Waals surface area contributed by atoms with Gasteiger partial charge in [0, 0.05) is 12.1 Å². The summed E-state index contributed by atoms with van der Waals surface area (Å²) in [6.45, 7) is 7.06. The molecule has 0 saturated carbocycles. The maximum Gasteiger partial charge on any atom is 0.573 e. The van der Waals surface area contributed by atoms with E-state index >= 15 is 0 Å². The van der Waals surface area contributed by atoms with Gasteiger partial charge in [-0.25, -0.2) is 0 Å². The molecule has 1 fully saturated rings. The van der Waals surface area contributed by atoms with Crippen molar-refractivity contribution < 1.29 is 32.4 Å². The molecule has 0 atom stereocenters. The highest BCUT2D eigenvalue weighted by Crippen LogP contribution is 2.23. The van der Waals surface area contributed by atoms with Crippen LogP contribution in [-0.2, 0) is 9.59 Å². The summed E-state index contributed by atoms with van der Waals surface area (Å²) >= 11 is 0. The van der Waals surface area contributed by atoms with E-state index in [9.17, 15) is 22.8 Å². The summed E-state index contributed by atoms with van der Waals surface area (Å²) < 4.78 is 40.2. The van der Waals surface area contributed by atoms with Crippen LogP contribution in [0, 0.1) is 5.92 Å². The minimum atomic E-state index is -4.74. The zero-order chi connectivity index (χ0) is 20.7. The monoisotopic (exact) mass is 402 g/mol. The van der Waals surface area contributed by atoms with Crippen molar-refractivity contribution in [1.29, 1.82) is 0 Å². The first-order valence-electron chi connectivity index (χ1n) is 9.39. The van der Waals surface area contributed by atoms with Gasteiger partial charge in [0.15, 0.2) is 6.54 Å². The van der Waals surface area contributed by atoms with Crippen molar-refractivity contribution in [3.05, 3.63) is 24.3 Å². The Hall–Kier alpha value is -2.29. The predicted octanol–water partition coefficient (Wildman–Crippen LogP) is 1.69. The summed E-state index contributed by atoms with van der Waals surface area (Å²) in [6, 6.07) is 5.02. The molecule has 0 spiro atoms. The average Bonchev–Trinajstić information content (AvgIpc) is 2.60. The van der Waals surface area contributed by atoms with Gasteiger partial charge < -0.3 is 19.9 Å². The Kier molecular flexibility index (Phi) is 7.68. The largest absolute Gasteiger partial charge is 0.573 e. The molecule has 6 nitrogen and oxygen atoms in total. The number of rotatable bonds is 7. The fourth-order valence-corrected chi connectivity index (χ4v) is 2.99. The van der Waals surface area contributed by atoms with Crippen LogP contribution in [0.3, 0.4) is 0 Å². The Morgan fingerprint density at radius 3 is 2.32 bits per heavy atom. The maximum absolute atomic E-state index is 12.2. The van der Waals surface area contributed by atoms with Crippen molar-refractivity contribution in [2.75, 3.05) is 38.0 Å². The standard InChI is InChI=1S/C19H26F3N3O3/c1-14(2)3-8-18(27)25-11-9-24(10-12-25)13-17(26)23-15-4-6-16(7-5-15)28-19(20,21)22/h4-7,14H,3,8-13H2,1-2H3,(H,23,26)/p+1. The van der Waals surface area contributed by atoms with E-state index < -0.39 is 6.36 Å². The van der Waals surface area contributed by atoms with Crippen LogP contribution in [0.25, 0.3) is 0 Å². The summed E-state index contributed by atoms with van der Waals surface area (Å²) in [6.07, 6.45) is -3.31. The van der Waals surface area contributed by atoms with E-state index in [4.69, 9.17) is 0 Å². The number of halogens is 3. The normalized spacial score (nSPS) is 15.6. The highest BCUT2D eigenvalue weighted by atomic mass is 19.4. The molecule has 9 heteroatoms. The lowest BCUT2D eigenvalue weighted by atomic mass is 10.1. The molecule has 0 unspecified atom stereocenters. The Morgan fingerprint density at radius 1 is 1.18 bits per heavy atom. The number of nitrogens with zero attached hydrogens (tertiary/aromatic N) is 1. The molecule has 1 aromatic rings. The Balaban J connectivity index is 1.73. The van der Waals surface area contributed by atoms with E-state index in [1.807, 2.05) is 4.90 Å². The number of carbonyl (C=O) groups is 2. The summed E-state index contributed by atoms with van der Waals surface area (Å²) in [7, 11) is 0. The molecule has 0 aromatic heterocycles. The molecule has 0 radical (unpaired) electrons. The third-order valence-corrected chi connectivity index (χ3v) is 4.54. The molecule has 1 heterocycles. The van der Waals surface area contributed by atoms with Gasteiger partial charge in [0.2, 0.25) is 5.91 Å². The van der Waals surface area contributed by atoms with Crippen molar-refractivity contribution in [2.45, 2.75) is 33.1 Å². The first kappa shape index (κ1) is 22.0. The zero-order valence-corrected chi connectivity index (χ0v) is 16.1. The lowest BCUT2D eigenvalue weighted by Crippen LogP contribution is -3.15. The highest BCUT2D eigenvalue weighted by molar-refractivity contribution is 5.91. The molecule has 2 amide bonds. The van der Waals surface area contributed by atoms with E-state index in [2.05, 4.69) is 23.9 Å². The third-order valence-electron chi connectivity index (χ3n) is 4.54. The number of quaternary nitrogens is 1. The van der Waals surface area contributed by atoms with Crippen LogP contribution in [0.4, 0.5) is 18.9 Å². The quantitative estimate of drug-likeness (QED) is 0.730. The Labute approximate surface area is 162 Å². The van der Waals surface area contributed by atoms with Crippen molar-refractivity contribution in [3.8, 4) is 5.75 Å². The molecular formula is C19H27F3N3O3+. The first-order chi connectivity index (χ1) is 13.1. The highest BCUT2D eigenvalue weighted by Gasteiger charge is 2.31. The molecule has 0 aliphatic carbocycles. The van der Waals surface area contributed by atoms with Gasteiger partial charge in [-0.2, -0.15) is 0 Å². The van der Waals surface area contributed by atoms with Crippen molar-refractivity contribution in [1.82, 2.24) is 4.90 Å². The molecule has 0 bridgehead atoms. The van der Waals surface area contributed by atoms with Crippen LogP contribution < -0.4 is 15.0 Å². The summed E-state index contributed by atoms with van der Waals surface area (Å²) in [5.74, 6) is 0.0977. The minimum Gasteiger partial charge on any atom is -0.406 e. The van der Waals surface area contributed by atoms with E-state index in [1.54, 1.807) is 0 Å². The van der Waals surface area contributed by atoms with Crippen LogP contribution in [0.15, 0.2) is 24.3 Å². The fourth-order valence-electron chi connectivity index (χ4n) is 2.99. The number of ether oxygens (including phenoxy) is 1. The molecule has 1 aromatic carbocycles. The summed E-state index contributed by atoms with van der Waals surface area (Å²) in [5.41, 5.74) is 0.404. The maximum atomic E-state index is 12.2. The molecule has 28 heavy (non-hydrogen) atoms. The van der Waals surface area contributed by atoms with Crippen molar-refractivity contribution in [2.24, 2.45) is 5.92 Å². The number of hydrogen-bond donors (Lipinski definition) is 2. The molecule has 1 aliphatic rings. The van der Waals surface area contributed by atoms with E-state index in [-0.39, 0.29) is 24.1 Å². The number of carbonyl (C=O) groups excluding carboxylic acids is 2. The second-order valence-corrected chi connectivity index (χ2v) is 7.36. The van der Waals surface area contributed by atoms with E-state index in [0.29, 0.717) is 44.2 Å². The fraction of sp³-hybridized carbons (Fsp3) is 0.579. The number of benzene rings is 1. The molecule has 1 saturated heterocycles. The second-order valence-electron chi connectivity index (χ2n) is 7.36. The number of piperazine rings is 1. The molecular weight excluding hydrogens is 375 g/mol. The van der Waals surface area contributed by atoms with Gasteiger partial charge in [-0.05, 0) is 36.6 Å². The van der Waals surface area contributed by atoms with Gasteiger partial charge >= 0.3 is 6.36 Å². The lowest BCUT2D eigenvalue weighted by molar-refractivity contribution is -0.895. The molecule has 2 rings (SSSR count). The Bertz CT molecular complexity index is 655. The van der Waals surface area contributed by atoms with Gasteiger partial charge in [0.1, 0.15) is 5.75 Å². The SMILES string of the molecule is CC(C)CCC(=O)N1CC[NH+](CC(=O)Nc2ccc(OC(F)(F)F)cc2)CC1. The van der Waals surface area contributed by atoms with Gasteiger partial charge in [0.05, 0.1) is 26.2 Å². The predicted molar refractivity (Wildman–Crippen MR) is 98.0 cm³/mol. The second kappa shape index (κ2) is 9.77. The molecule has 156 valence electrons. The first-order valence-corrected chi connectivity index (χ1v) is 9.39. The van der Waals surface area contributed by atoms with Crippen LogP contribution in [0.5, 0.6) is 5.75 Å². The van der Waals surface area contributed by atoms with Gasteiger partial charge in [-0.15, -0.1) is 13.2 Å². The topological polar surface area (TPSA) is 63.1 Å². The minimum absolute atomic E-state index is 0.165. The number of amides is 2. The molecule has 1 aliphatic heterocycles. The van der Waals surface area contributed by atoms with Crippen LogP contribution in [0.2, 0.25) is 0 Å². The van der Waals surface area contributed by atoms with Crippen molar-refractivity contribution >= 4 is 17.5 Å². The average molecular weight is 402 g/mol. The third kappa shape index (κ3) is 7.75. The van der Waals surface area contributed by atoms with Gasteiger partial charge in [0.25, 0.3) is 5.91 Å². The van der Waals surface area contributed by atoms with E-state index in [1.165, 1.54) is 12.1 Å². The number of alkyl halides is 3. The van der Waals surface area contributed by atoms with Gasteiger partial charge in [-0.3, -0.25) is 9.59 Å². The Morgan fingerprint density at radius 2 is 1.79 bits per heavy atom.